The Kier molecular flexibility index (Phi) is 7.00. The van der Waals surface area contributed by atoms with Gasteiger partial charge in [-0.15, -0.1) is 0 Å². The average Bonchev–Trinajstić information content (AvgIpc) is 3.28. The third-order valence-corrected chi connectivity index (χ3v) is 5.95. The third-order valence-electron chi connectivity index (χ3n) is 5.95. The number of likely N-dealkylation sites (N-methyl/N-ethyl adjacent to an activating group) is 1. The lowest BCUT2D eigenvalue weighted by Gasteiger charge is -2.20. The molecule has 0 spiro atoms. The molecule has 1 heterocycles. The van der Waals surface area contributed by atoms with E-state index in [1.54, 1.807) is 0 Å². The van der Waals surface area contributed by atoms with Crippen LogP contribution in [0.15, 0.2) is 84.9 Å². The van der Waals surface area contributed by atoms with Crippen LogP contribution in [0.2, 0.25) is 0 Å². The number of carbonyl (C=O) groups is 1. The van der Waals surface area contributed by atoms with Gasteiger partial charge in [0.15, 0.2) is 0 Å². The second-order valence-electron chi connectivity index (χ2n) is 8.44. The monoisotopic (exact) mass is 413 g/mol. The zero-order valence-electron chi connectivity index (χ0n) is 18.2. The molecule has 4 rings (SSSR count). The quantitative estimate of drug-likeness (QED) is 0.593. The van der Waals surface area contributed by atoms with Crippen molar-refractivity contribution in [3.63, 3.8) is 0 Å². The lowest BCUT2D eigenvalue weighted by Crippen LogP contribution is -2.38. The number of hydrogen-bond donors (Lipinski definition) is 1. The molecule has 1 aliphatic heterocycles. The molecular weight excluding hydrogens is 382 g/mol. The van der Waals surface area contributed by atoms with Crippen LogP contribution >= 0.6 is 0 Å². The molecule has 0 aliphatic carbocycles. The number of carbonyl (C=O) groups excluding carboxylic acids is 1. The van der Waals surface area contributed by atoms with E-state index in [1.165, 1.54) is 22.4 Å². The van der Waals surface area contributed by atoms with E-state index in [9.17, 15) is 4.79 Å². The van der Waals surface area contributed by atoms with Crippen LogP contribution in [-0.2, 0) is 11.3 Å². The van der Waals surface area contributed by atoms with Crippen molar-refractivity contribution < 1.29 is 4.79 Å². The minimum absolute atomic E-state index is 0.0952. The zero-order chi connectivity index (χ0) is 21.5. The van der Waals surface area contributed by atoms with Crippen LogP contribution in [0, 0.1) is 5.92 Å². The predicted octanol–water partition coefficient (Wildman–Crippen LogP) is 4.43. The second kappa shape index (κ2) is 10.3. The molecule has 3 aromatic carbocycles. The molecule has 1 aliphatic rings. The molecule has 1 atom stereocenters. The fraction of sp³-hybridized carbons (Fsp3) is 0.296. The summed E-state index contributed by atoms with van der Waals surface area (Å²) >= 11 is 0. The van der Waals surface area contributed by atoms with Gasteiger partial charge >= 0.3 is 0 Å². The molecule has 4 nitrogen and oxygen atoms in total. The van der Waals surface area contributed by atoms with Crippen molar-refractivity contribution >= 4 is 11.6 Å². The molecule has 0 radical (unpaired) electrons. The first kappa shape index (κ1) is 21.1. The van der Waals surface area contributed by atoms with E-state index in [0.717, 1.165) is 32.6 Å². The highest BCUT2D eigenvalue weighted by atomic mass is 16.2. The van der Waals surface area contributed by atoms with E-state index in [0.29, 0.717) is 12.5 Å². The first-order valence-electron chi connectivity index (χ1n) is 11.1. The van der Waals surface area contributed by atoms with Gasteiger partial charge in [0.2, 0.25) is 5.91 Å². The SMILES string of the molecule is CN(CC(=O)NCC1CCN(c2ccccc2)C1)Cc1ccccc1-c1ccccc1. The molecule has 4 heteroatoms. The molecule has 3 aromatic rings. The molecule has 1 unspecified atom stereocenters. The zero-order valence-corrected chi connectivity index (χ0v) is 18.2. The van der Waals surface area contributed by atoms with Gasteiger partial charge in [-0.25, -0.2) is 0 Å². The van der Waals surface area contributed by atoms with E-state index in [2.05, 4.69) is 87.9 Å². The molecule has 1 saturated heterocycles. The third kappa shape index (κ3) is 5.74. The van der Waals surface area contributed by atoms with Gasteiger partial charge in [0.05, 0.1) is 6.54 Å². The van der Waals surface area contributed by atoms with Gasteiger partial charge in [0.1, 0.15) is 0 Å². The summed E-state index contributed by atoms with van der Waals surface area (Å²) in [5.74, 6) is 0.603. The Hall–Kier alpha value is -3.11. The smallest absolute Gasteiger partial charge is 0.234 e. The van der Waals surface area contributed by atoms with E-state index in [1.807, 2.05) is 19.2 Å². The number of nitrogens with one attached hydrogen (secondary N) is 1. The summed E-state index contributed by atoms with van der Waals surface area (Å²) in [5, 5.41) is 3.15. The molecule has 1 fully saturated rings. The van der Waals surface area contributed by atoms with Gasteiger partial charge in [-0.1, -0.05) is 72.8 Å². The van der Waals surface area contributed by atoms with Gasteiger partial charge < -0.3 is 10.2 Å². The first-order valence-corrected chi connectivity index (χ1v) is 11.1. The largest absolute Gasteiger partial charge is 0.371 e. The summed E-state index contributed by atoms with van der Waals surface area (Å²) < 4.78 is 0. The van der Waals surface area contributed by atoms with Crippen LogP contribution in [-0.4, -0.2) is 44.0 Å². The van der Waals surface area contributed by atoms with Crippen LogP contribution in [0.4, 0.5) is 5.69 Å². The molecule has 0 bridgehead atoms. The second-order valence-corrected chi connectivity index (χ2v) is 8.44. The molecule has 1 amide bonds. The summed E-state index contributed by atoms with van der Waals surface area (Å²) in [6.45, 7) is 3.95. The Bertz CT molecular complexity index is 974. The van der Waals surface area contributed by atoms with Gasteiger partial charge in [-0.3, -0.25) is 9.69 Å². The normalized spacial score (nSPS) is 15.9. The Morgan fingerprint density at radius 3 is 2.42 bits per heavy atom. The van der Waals surface area contributed by atoms with Crippen molar-refractivity contribution in [2.75, 3.05) is 38.1 Å². The van der Waals surface area contributed by atoms with E-state index in [4.69, 9.17) is 0 Å². The lowest BCUT2D eigenvalue weighted by molar-refractivity contribution is -0.122. The molecule has 160 valence electrons. The molecule has 31 heavy (non-hydrogen) atoms. The number of amides is 1. The lowest BCUT2D eigenvalue weighted by atomic mass is 9.99. The first-order chi connectivity index (χ1) is 15.2. The van der Waals surface area contributed by atoms with Crippen molar-refractivity contribution in [3.8, 4) is 11.1 Å². The highest BCUT2D eigenvalue weighted by Gasteiger charge is 2.23. The highest BCUT2D eigenvalue weighted by molar-refractivity contribution is 5.78. The Labute approximate surface area is 185 Å². The molecule has 1 N–H and O–H groups in total. The summed E-state index contributed by atoms with van der Waals surface area (Å²) in [4.78, 5) is 17.0. The van der Waals surface area contributed by atoms with Crippen molar-refractivity contribution in [1.82, 2.24) is 10.2 Å². The van der Waals surface area contributed by atoms with Crippen LogP contribution in [0.25, 0.3) is 11.1 Å². The predicted molar refractivity (Wildman–Crippen MR) is 128 cm³/mol. The summed E-state index contributed by atoms with van der Waals surface area (Å²) in [5.41, 5.74) is 4.94. The average molecular weight is 414 g/mol. The van der Waals surface area contributed by atoms with Gasteiger partial charge in [0, 0.05) is 31.9 Å². The number of hydrogen-bond acceptors (Lipinski definition) is 3. The van der Waals surface area contributed by atoms with Crippen LogP contribution in [0.3, 0.4) is 0 Å². The Morgan fingerprint density at radius 2 is 1.65 bits per heavy atom. The number of benzene rings is 3. The van der Waals surface area contributed by atoms with Gasteiger partial charge in [-0.2, -0.15) is 0 Å². The fourth-order valence-electron chi connectivity index (χ4n) is 4.34. The van der Waals surface area contributed by atoms with Crippen molar-refractivity contribution in [2.24, 2.45) is 5.92 Å². The standard InChI is InChI=1S/C27H31N3O/c1-29(20-24-12-8-9-15-26(24)23-10-4-2-5-11-23)21-27(31)28-18-22-16-17-30(19-22)25-13-6-3-7-14-25/h2-15,22H,16-21H2,1H3,(H,28,31). The number of nitrogens with zero attached hydrogens (tertiary/aromatic N) is 2. The van der Waals surface area contributed by atoms with E-state index >= 15 is 0 Å². The minimum atomic E-state index is 0.0952. The molecule has 0 aromatic heterocycles. The minimum Gasteiger partial charge on any atom is -0.371 e. The molecule has 0 saturated carbocycles. The maximum absolute atomic E-state index is 12.5. The summed E-state index contributed by atoms with van der Waals surface area (Å²) in [7, 11) is 2.01. The number of anilines is 1. The van der Waals surface area contributed by atoms with Crippen molar-refractivity contribution in [3.05, 3.63) is 90.5 Å². The van der Waals surface area contributed by atoms with Crippen molar-refractivity contribution in [2.45, 2.75) is 13.0 Å². The Balaban J connectivity index is 1.26. The highest BCUT2D eigenvalue weighted by Crippen LogP contribution is 2.25. The maximum Gasteiger partial charge on any atom is 0.234 e. The van der Waals surface area contributed by atoms with Crippen molar-refractivity contribution in [1.29, 1.82) is 0 Å². The topological polar surface area (TPSA) is 35.6 Å². The van der Waals surface area contributed by atoms with Crippen LogP contribution in [0.1, 0.15) is 12.0 Å². The van der Waals surface area contributed by atoms with Crippen LogP contribution in [0.5, 0.6) is 0 Å². The van der Waals surface area contributed by atoms with E-state index in [-0.39, 0.29) is 5.91 Å². The van der Waals surface area contributed by atoms with E-state index < -0.39 is 0 Å². The number of para-hydroxylation sites is 1. The van der Waals surface area contributed by atoms with Crippen LogP contribution < -0.4 is 10.2 Å². The van der Waals surface area contributed by atoms with Gasteiger partial charge in [0.25, 0.3) is 0 Å². The fourth-order valence-corrected chi connectivity index (χ4v) is 4.34. The molecular formula is C27H31N3O. The maximum atomic E-state index is 12.5. The summed E-state index contributed by atoms with van der Waals surface area (Å²) in [6, 6.07) is 29.4. The Morgan fingerprint density at radius 1 is 0.968 bits per heavy atom. The summed E-state index contributed by atoms with van der Waals surface area (Å²) in [6.07, 6.45) is 1.12. The van der Waals surface area contributed by atoms with Gasteiger partial charge in [-0.05, 0) is 48.2 Å². The number of rotatable bonds is 8.